The van der Waals surface area contributed by atoms with Gasteiger partial charge in [0.2, 0.25) is 0 Å². The minimum atomic E-state index is -0.687. The van der Waals surface area contributed by atoms with Crippen LogP contribution >= 0.6 is 11.6 Å². The minimum Gasteiger partial charge on any atom is -0.459 e. The normalized spacial score (nSPS) is 13.5. The molecule has 0 saturated carbocycles. The topological polar surface area (TPSA) is 84.9 Å². The van der Waals surface area contributed by atoms with E-state index in [0.29, 0.717) is 17.2 Å². The summed E-state index contributed by atoms with van der Waals surface area (Å²) < 4.78 is 10.9. The van der Waals surface area contributed by atoms with Crippen molar-refractivity contribution >= 4 is 40.8 Å². The van der Waals surface area contributed by atoms with Gasteiger partial charge in [-0.1, -0.05) is 35.9 Å². The second-order valence-electron chi connectivity index (χ2n) is 7.70. The van der Waals surface area contributed by atoms with Crippen molar-refractivity contribution in [2.24, 2.45) is 0 Å². The van der Waals surface area contributed by atoms with Gasteiger partial charge in [0, 0.05) is 5.69 Å². The van der Waals surface area contributed by atoms with E-state index >= 15 is 0 Å². The Morgan fingerprint density at radius 2 is 1.56 bits per heavy atom. The van der Waals surface area contributed by atoms with Crippen molar-refractivity contribution in [2.75, 3.05) is 10.2 Å². The molecule has 3 aromatic rings. The molecule has 1 aliphatic heterocycles. The van der Waals surface area contributed by atoms with Crippen LogP contribution in [0.4, 0.5) is 11.4 Å². The number of anilines is 2. The fraction of sp³-hybridized carbons (Fsp3) is 0.115. The summed E-state index contributed by atoms with van der Waals surface area (Å²) in [5.41, 5.74) is 0.928. The van der Waals surface area contributed by atoms with Gasteiger partial charge in [0.15, 0.2) is 0 Å². The molecule has 0 bridgehead atoms. The van der Waals surface area contributed by atoms with Crippen LogP contribution in [0.2, 0.25) is 0 Å². The molecule has 1 N–H and O–H groups in total. The number of amides is 2. The number of carbonyl (C=O) groups is 3. The van der Waals surface area contributed by atoms with E-state index in [1.54, 1.807) is 56.3 Å². The maximum absolute atomic E-state index is 13.1. The van der Waals surface area contributed by atoms with Crippen molar-refractivity contribution < 1.29 is 23.9 Å². The van der Waals surface area contributed by atoms with Gasteiger partial charge in [-0.3, -0.25) is 9.59 Å². The number of imide groups is 1. The lowest BCUT2D eigenvalue weighted by Gasteiger charge is -2.16. The Kier molecular flexibility index (Phi) is 6.65. The fourth-order valence-electron chi connectivity index (χ4n) is 3.28. The van der Waals surface area contributed by atoms with Crippen LogP contribution in [0, 0.1) is 0 Å². The van der Waals surface area contributed by atoms with E-state index in [9.17, 15) is 14.4 Å². The lowest BCUT2D eigenvalue weighted by atomic mass is 10.2. The number of hydrogen-bond donors (Lipinski definition) is 1. The van der Waals surface area contributed by atoms with E-state index in [1.165, 1.54) is 6.07 Å². The number of carbonyl (C=O) groups excluding carboxylic acids is 3. The Morgan fingerprint density at radius 3 is 2.24 bits per heavy atom. The summed E-state index contributed by atoms with van der Waals surface area (Å²) in [4.78, 5) is 39.0. The van der Waals surface area contributed by atoms with Crippen LogP contribution < -0.4 is 15.0 Å². The van der Waals surface area contributed by atoms with Gasteiger partial charge in [-0.25, -0.2) is 9.69 Å². The van der Waals surface area contributed by atoms with Gasteiger partial charge in [-0.15, -0.1) is 0 Å². The molecule has 3 aromatic carbocycles. The number of benzene rings is 3. The van der Waals surface area contributed by atoms with Crippen molar-refractivity contribution in [1.29, 1.82) is 0 Å². The Hall–Kier alpha value is -4.10. The highest BCUT2D eigenvalue weighted by Gasteiger charge is 2.39. The molecular weight excluding hydrogens is 456 g/mol. The summed E-state index contributed by atoms with van der Waals surface area (Å²) >= 11 is 6.22. The third-order valence-corrected chi connectivity index (χ3v) is 5.16. The molecule has 0 radical (unpaired) electrons. The second-order valence-corrected chi connectivity index (χ2v) is 8.08. The van der Waals surface area contributed by atoms with E-state index in [2.05, 4.69) is 5.32 Å². The van der Waals surface area contributed by atoms with Gasteiger partial charge in [0.05, 0.1) is 17.4 Å². The second kappa shape index (κ2) is 9.80. The van der Waals surface area contributed by atoms with Gasteiger partial charge in [0.25, 0.3) is 11.8 Å². The first-order valence-electron chi connectivity index (χ1n) is 10.5. The average molecular weight is 477 g/mol. The Morgan fingerprint density at radius 1 is 0.882 bits per heavy atom. The number of halogens is 1. The van der Waals surface area contributed by atoms with Gasteiger partial charge in [-0.05, 0) is 68.4 Å². The summed E-state index contributed by atoms with van der Waals surface area (Å²) in [7, 11) is 0. The molecule has 1 heterocycles. The van der Waals surface area contributed by atoms with Crippen LogP contribution in [0.15, 0.2) is 89.6 Å². The average Bonchev–Trinajstić information content (AvgIpc) is 3.03. The van der Waals surface area contributed by atoms with Crippen molar-refractivity contribution in [3.05, 3.63) is 95.2 Å². The van der Waals surface area contributed by atoms with Crippen LogP contribution in [0.5, 0.6) is 11.5 Å². The molecule has 0 saturated heterocycles. The fourth-order valence-corrected chi connectivity index (χ4v) is 3.49. The van der Waals surface area contributed by atoms with Crippen molar-refractivity contribution in [1.82, 2.24) is 0 Å². The van der Waals surface area contributed by atoms with E-state index in [-0.39, 0.29) is 28.1 Å². The molecular formula is C26H21ClN2O5. The van der Waals surface area contributed by atoms with E-state index < -0.39 is 17.8 Å². The first kappa shape index (κ1) is 23.1. The molecule has 7 nitrogen and oxygen atoms in total. The number of ether oxygens (including phenoxy) is 2. The zero-order valence-electron chi connectivity index (χ0n) is 18.4. The van der Waals surface area contributed by atoms with Gasteiger partial charge in [-0.2, -0.15) is 0 Å². The van der Waals surface area contributed by atoms with Crippen LogP contribution in [0.1, 0.15) is 24.2 Å². The minimum absolute atomic E-state index is 0.0569. The number of para-hydroxylation sites is 1. The third-order valence-electron chi connectivity index (χ3n) is 4.81. The van der Waals surface area contributed by atoms with Gasteiger partial charge in [0.1, 0.15) is 22.2 Å². The maximum Gasteiger partial charge on any atom is 0.338 e. The zero-order chi connectivity index (χ0) is 24.2. The number of nitrogens with zero attached hydrogens (tertiary/aromatic N) is 1. The van der Waals surface area contributed by atoms with E-state index in [1.807, 2.05) is 30.3 Å². The molecule has 4 rings (SSSR count). The molecule has 2 amide bonds. The highest BCUT2D eigenvalue weighted by atomic mass is 35.5. The number of nitrogens with one attached hydrogen (secondary N) is 1. The smallest absolute Gasteiger partial charge is 0.338 e. The summed E-state index contributed by atoms with van der Waals surface area (Å²) in [6, 6.07) is 22.3. The van der Waals surface area contributed by atoms with Crippen LogP contribution in [0.3, 0.4) is 0 Å². The quantitative estimate of drug-likeness (QED) is 0.359. The molecule has 0 aromatic heterocycles. The summed E-state index contributed by atoms with van der Waals surface area (Å²) in [6.45, 7) is 3.47. The van der Waals surface area contributed by atoms with Crippen molar-refractivity contribution in [3.63, 3.8) is 0 Å². The predicted octanol–water partition coefficient (Wildman–Crippen LogP) is 5.48. The summed E-state index contributed by atoms with van der Waals surface area (Å²) in [5.74, 6) is -0.564. The summed E-state index contributed by atoms with van der Waals surface area (Å²) in [5, 5.41) is 2.67. The maximum atomic E-state index is 13.1. The molecule has 1 aliphatic rings. The SMILES string of the molecule is CC(C)OC(=O)c1cccc(N2C(=O)C(Cl)=C(Nc3ccc(Oc4ccccc4)cc3)C2=O)c1. The lowest BCUT2D eigenvalue weighted by Crippen LogP contribution is -2.32. The number of rotatable bonds is 7. The molecule has 0 aliphatic carbocycles. The van der Waals surface area contributed by atoms with Gasteiger partial charge < -0.3 is 14.8 Å². The molecule has 0 atom stereocenters. The Bertz CT molecular complexity index is 1270. The first-order valence-corrected chi connectivity index (χ1v) is 10.9. The van der Waals surface area contributed by atoms with E-state index in [4.69, 9.17) is 21.1 Å². The molecule has 172 valence electrons. The highest BCUT2D eigenvalue weighted by Crippen LogP contribution is 2.31. The monoisotopic (exact) mass is 476 g/mol. The largest absolute Gasteiger partial charge is 0.459 e. The lowest BCUT2D eigenvalue weighted by molar-refractivity contribution is -0.120. The Balaban J connectivity index is 1.50. The van der Waals surface area contributed by atoms with Crippen LogP contribution in [-0.4, -0.2) is 23.9 Å². The molecule has 34 heavy (non-hydrogen) atoms. The zero-order valence-corrected chi connectivity index (χ0v) is 19.2. The third kappa shape index (κ3) is 4.94. The number of hydrogen-bond acceptors (Lipinski definition) is 6. The van der Waals surface area contributed by atoms with Crippen molar-refractivity contribution in [2.45, 2.75) is 20.0 Å². The van der Waals surface area contributed by atoms with Crippen LogP contribution in [-0.2, 0) is 14.3 Å². The molecule has 8 heteroatoms. The number of esters is 1. The standard InChI is InChI=1S/C26H21ClN2O5/c1-16(2)33-26(32)17-7-6-8-19(15-17)29-24(30)22(27)23(25(29)31)28-18-11-13-21(14-12-18)34-20-9-4-3-5-10-20/h3-16,28H,1-2H3. The first-order chi connectivity index (χ1) is 16.3. The molecule has 0 spiro atoms. The van der Waals surface area contributed by atoms with Crippen molar-refractivity contribution in [3.8, 4) is 11.5 Å². The molecule has 0 fully saturated rings. The predicted molar refractivity (Wildman–Crippen MR) is 129 cm³/mol. The van der Waals surface area contributed by atoms with E-state index in [0.717, 1.165) is 4.90 Å². The molecule has 0 unspecified atom stereocenters. The van der Waals surface area contributed by atoms with Gasteiger partial charge >= 0.3 is 5.97 Å². The van der Waals surface area contributed by atoms with Crippen LogP contribution in [0.25, 0.3) is 0 Å². The Labute approximate surface area is 201 Å². The highest BCUT2D eigenvalue weighted by molar-refractivity contribution is 6.53. The summed E-state index contributed by atoms with van der Waals surface area (Å²) in [6.07, 6.45) is -0.303.